The van der Waals surface area contributed by atoms with E-state index in [1.54, 1.807) is 24.6 Å². The van der Waals surface area contributed by atoms with Crippen molar-refractivity contribution in [3.8, 4) is 0 Å². The van der Waals surface area contributed by atoms with Gasteiger partial charge in [-0.25, -0.2) is 0 Å². The van der Waals surface area contributed by atoms with E-state index in [9.17, 15) is 0 Å². The van der Waals surface area contributed by atoms with Crippen LogP contribution in [0.3, 0.4) is 0 Å². The summed E-state index contributed by atoms with van der Waals surface area (Å²) < 4.78 is 31.6. The first-order chi connectivity index (χ1) is 10.2. The summed E-state index contributed by atoms with van der Waals surface area (Å²) in [6.07, 6.45) is 17.9. The van der Waals surface area contributed by atoms with Gasteiger partial charge in [0, 0.05) is 7.26 Å². The lowest BCUT2D eigenvalue weighted by molar-refractivity contribution is 0.381. The minimum Gasteiger partial charge on any atom is -0.264 e. The van der Waals surface area contributed by atoms with E-state index in [-0.39, 0.29) is 0 Å². The van der Waals surface area contributed by atoms with Crippen LogP contribution in [0.1, 0.15) is 79.1 Å². The summed E-state index contributed by atoms with van der Waals surface area (Å²) in [7, 11) is -5.23. The lowest BCUT2D eigenvalue weighted by Gasteiger charge is -2.28. The van der Waals surface area contributed by atoms with Gasteiger partial charge in [0.15, 0.2) is 0 Å². The van der Waals surface area contributed by atoms with E-state index in [0.29, 0.717) is 0 Å². The van der Waals surface area contributed by atoms with Crippen molar-refractivity contribution < 1.29 is 17.5 Å². The molecule has 2 N–H and O–H groups in total. The van der Waals surface area contributed by atoms with Gasteiger partial charge in [-0.2, -0.15) is 8.42 Å². The zero-order valence-electron chi connectivity index (χ0n) is 15.1. The molecule has 0 saturated carbocycles. The molecule has 6 heteroatoms. The summed E-state index contributed by atoms with van der Waals surface area (Å²) in [6.45, 7) is 9.42. The van der Waals surface area contributed by atoms with E-state index in [2.05, 4.69) is 27.7 Å². The highest BCUT2D eigenvalue weighted by Gasteiger charge is 2.34. The molecule has 0 amide bonds. The van der Waals surface area contributed by atoms with Crippen LogP contribution < -0.4 is 0 Å². The Morgan fingerprint density at radius 3 is 0.955 bits per heavy atom. The van der Waals surface area contributed by atoms with Gasteiger partial charge in [0.05, 0.1) is 24.6 Å². The van der Waals surface area contributed by atoms with Crippen LogP contribution in [0.15, 0.2) is 0 Å². The Labute approximate surface area is 139 Å². The highest BCUT2D eigenvalue weighted by atomic mass is 32.3. The van der Waals surface area contributed by atoms with E-state index >= 15 is 0 Å². The average molecular weight is 358 g/mol. The van der Waals surface area contributed by atoms with Crippen LogP contribution in [0.25, 0.3) is 0 Å². The van der Waals surface area contributed by atoms with Crippen molar-refractivity contribution in [1.29, 1.82) is 0 Å². The molecular weight excluding hydrogens is 319 g/mol. The van der Waals surface area contributed by atoms with Crippen LogP contribution >= 0.6 is 7.26 Å². The first kappa shape index (κ1) is 24.6. The molecule has 0 rings (SSSR count). The van der Waals surface area contributed by atoms with Gasteiger partial charge in [0.2, 0.25) is 0 Å². The van der Waals surface area contributed by atoms with Gasteiger partial charge in [-0.3, -0.25) is 9.11 Å². The van der Waals surface area contributed by atoms with Gasteiger partial charge in [0.1, 0.15) is 0 Å². The molecule has 0 heterocycles. The third-order valence-electron chi connectivity index (χ3n) is 3.94. The van der Waals surface area contributed by atoms with Crippen molar-refractivity contribution in [3.05, 3.63) is 0 Å². The second-order valence-corrected chi connectivity index (χ2v) is 11.5. The molecule has 0 fully saturated rings. The molecule has 4 nitrogen and oxygen atoms in total. The monoisotopic (exact) mass is 357 g/mol. The van der Waals surface area contributed by atoms with Crippen LogP contribution in [0.5, 0.6) is 0 Å². The maximum atomic E-state index is 8.74. The van der Waals surface area contributed by atoms with Gasteiger partial charge in [-0.1, -0.05) is 53.4 Å². The van der Waals surface area contributed by atoms with Gasteiger partial charge < -0.3 is 0 Å². The van der Waals surface area contributed by atoms with Crippen LogP contribution in [0.4, 0.5) is 0 Å². The van der Waals surface area contributed by atoms with Crippen molar-refractivity contribution in [2.24, 2.45) is 0 Å². The molecule has 0 aliphatic carbocycles. The molecular formula is C16H38O4PS+. The summed E-state index contributed by atoms with van der Waals surface area (Å²) >= 11 is 0. The van der Waals surface area contributed by atoms with E-state index in [1.807, 2.05) is 0 Å². The lowest BCUT2D eigenvalue weighted by atomic mass is 10.4. The van der Waals surface area contributed by atoms with Crippen LogP contribution in [0, 0.1) is 0 Å². The third kappa shape index (κ3) is 18.3. The van der Waals surface area contributed by atoms with Crippen LogP contribution in [-0.4, -0.2) is 42.2 Å². The molecule has 136 valence electrons. The van der Waals surface area contributed by atoms with E-state index in [0.717, 1.165) is 0 Å². The topological polar surface area (TPSA) is 74.6 Å². The summed E-state index contributed by atoms with van der Waals surface area (Å²) in [5.74, 6) is 0. The minimum absolute atomic E-state index is 0.562. The Kier molecular flexibility index (Phi) is 16.6. The normalized spacial score (nSPS) is 11.9. The van der Waals surface area contributed by atoms with Crippen molar-refractivity contribution in [2.75, 3.05) is 24.6 Å². The predicted molar refractivity (Wildman–Crippen MR) is 100 cm³/mol. The Balaban J connectivity index is 0. The first-order valence-electron chi connectivity index (χ1n) is 8.79. The summed E-state index contributed by atoms with van der Waals surface area (Å²) in [6, 6.07) is 0. The quantitative estimate of drug-likeness (QED) is 0.354. The fraction of sp³-hybridized carbons (Fsp3) is 1.00. The van der Waals surface area contributed by atoms with Crippen molar-refractivity contribution in [1.82, 2.24) is 0 Å². The average Bonchev–Trinajstić information content (AvgIpc) is 2.44. The van der Waals surface area contributed by atoms with Gasteiger partial charge in [-0.15, -0.1) is 0 Å². The number of hydrogen-bond acceptors (Lipinski definition) is 2. The molecule has 0 aromatic carbocycles. The molecule has 0 saturated heterocycles. The van der Waals surface area contributed by atoms with Crippen molar-refractivity contribution in [3.63, 3.8) is 0 Å². The molecule has 0 aliphatic heterocycles. The second kappa shape index (κ2) is 14.9. The smallest absolute Gasteiger partial charge is 0.264 e. The van der Waals surface area contributed by atoms with E-state index in [4.69, 9.17) is 17.5 Å². The summed E-state index contributed by atoms with van der Waals surface area (Å²) in [5, 5.41) is 0. The number of unbranched alkanes of at least 4 members (excludes halogenated alkanes) is 4. The maximum Gasteiger partial charge on any atom is 0.394 e. The van der Waals surface area contributed by atoms with Crippen LogP contribution in [0.2, 0.25) is 0 Å². The maximum absolute atomic E-state index is 8.74. The number of hydrogen-bond donors (Lipinski definition) is 2. The molecule has 0 aliphatic rings. The van der Waals surface area contributed by atoms with E-state index in [1.165, 1.54) is 51.4 Å². The van der Waals surface area contributed by atoms with Crippen LogP contribution in [-0.2, 0) is 10.4 Å². The first-order valence-corrected chi connectivity index (χ1v) is 12.7. The number of rotatable bonds is 12. The van der Waals surface area contributed by atoms with Crippen molar-refractivity contribution in [2.45, 2.75) is 79.1 Å². The molecule has 0 aromatic rings. The summed E-state index contributed by atoms with van der Waals surface area (Å²) in [4.78, 5) is 0. The predicted octanol–water partition coefficient (Wildman–Crippen LogP) is 5.55. The molecule has 22 heavy (non-hydrogen) atoms. The van der Waals surface area contributed by atoms with E-state index < -0.39 is 17.7 Å². The summed E-state index contributed by atoms with van der Waals surface area (Å²) in [5.41, 5.74) is 0. The molecule has 0 bridgehead atoms. The standard InChI is InChI=1S/C16H36P.H2O4S/c1-5-9-13-17(14-10-6-2,15-11-7-3)16-12-8-4;1-5(2,3)4/h5-16H2,1-4H3;(H2,1,2,3,4)/q+1;. The van der Waals surface area contributed by atoms with Gasteiger partial charge in [-0.05, 0) is 25.7 Å². The fourth-order valence-electron chi connectivity index (χ4n) is 2.64. The third-order valence-corrected chi connectivity index (χ3v) is 9.00. The van der Waals surface area contributed by atoms with Gasteiger partial charge >= 0.3 is 10.4 Å². The Hall–Kier alpha value is 0.300. The lowest BCUT2D eigenvalue weighted by Crippen LogP contribution is -2.12. The Bertz CT molecular complexity index is 286. The minimum atomic E-state index is -4.67. The fourth-order valence-corrected chi connectivity index (χ4v) is 7.93. The molecule has 0 aromatic heterocycles. The molecule has 0 atom stereocenters. The highest BCUT2D eigenvalue weighted by molar-refractivity contribution is 7.79. The zero-order chi connectivity index (χ0) is 17.5. The molecule has 0 unspecified atom stereocenters. The second-order valence-electron chi connectivity index (χ2n) is 6.10. The zero-order valence-corrected chi connectivity index (χ0v) is 16.8. The molecule has 0 spiro atoms. The largest absolute Gasteiger partial charge is 0.394 e. The Morgan fingerprint density at radius 1 is 0.636 bits per heavy atom. The van der Waals surface area contributed by atoms with Gasteiger partial charge in [0.25, 0.3) is 0 Å². The van der Waals surface area contributed by atoms with Crippen molar-refractivity contribution >= 4 is 17.7 Å². The SMILES string of the molecule is CCCC[P+](CCCC)(CCCC)CCCC.O=S(=O)(O)O. The highest BCUT2D eigenvalue weighted by Crippen LogP contribution is 2.61. The molecule has 0 radical (unpaired) electrons. The Morgan fingerprint density at radius 2 is 0.818 bits per heavy atom.